The lowest BCUT2D eigenvalue weighted by Crippen LogP contribution is -2.34. The van der Waals surface area contributed by atoms with Gasteiger partial charge in [0.2, 0.25) is 0 Å². The molecule has 0 radical (unpaired) electrons. The van der Waals surface area contributed by atoms with Crippen LogP contribution in [0.2, 0.25) is 10.0 Å². The molecule has 0 spiro atoms. The quantitative estimate of drug-likeness (QED) is 0.584. The monoisotopic (exact) mass is 409 g/mol. The zero-order chi connectivity index (χ0) is 19.6. The van der Waals surface area contributed by atoms with E-state index in [-0.39, 0.29) is 12.4 Å². The number of rotatable bonds is 5. The van der Waals surface area contributed by atoms with Crippen molar-refractivity contribution < 1.29 is 19.1 Å². The van der Waals surface area contributed by atoms with Crippen LogP contribution in [0, 0.1) is 0 Å². The molecule has 5 nitrogen and oxygen atoms in total. The molecule has 1 aliphatic heterocycles. The fourth-order valence-corrected chi connectivity index (χ4v) is 4.02. The fourth-order valence-electron chi connectivity index (χ4n) is 3.60. The number of benzene rings is 1. The van der Waals surface area contributed by atoms with Gasteiger partial charge in [0.25, 0.3) is 0 Å². The van der Waals surface area contributed by atoms with Crippen LogP contribution >= 0.6 is 23.2 Å². The van der Waals surface area contributed by atoms with E-state index in [0.717, 1.165) is 18.5 Å². The highest BCUT2D eigenvalue weighted by molar-refractivity contribution is 6.42. The first-order chi connectivity index (χ1) is 13.0. The first-order valence-electron chi connectivity index (χ1n) is 8.79. The van der Waals surface area contributed by atoms with E-state index in [0.29, 0.717) is 45.5 Å². The van der Waals surface area contributed by atoms with Gasteiger partial charge in [-0.25, -0.2) is 4.79 Å². The van der Waals surface area contributed by atoms with E-state index in [1.54, 1.807) is 25.1 Å². The second-order valence-corrected chi connectivity index (χ2v) is 7.32. The van der Waals surface area contributed by atoms with Gasteiger partial charge < -0.3 is 14.8 Å². The van der Waals surface area contributed by atoms with Gasteiger partial charge in [-0.1, -0.05) is 35.3 Å². The number of methoxy groups -OCH3 is 1. The molecule has 1 atom stereocenters. The molecular formula is C20H21Cl2NO4. The van der Waals surface area contributed by atoms with Gasteiger partial charge in [0.1, 0.15) is 6.61 Å². The molecule has 1 aromatic rings. The van der Waals surface area contributed by atoms with Gasteiger partial charge in [-0.15, -0.1) is 0 Å². The number of ether oxygens (including phenoxy) is 2. The van der Waals surface area contributed by atoms with E-state index in [2.05, 4.69) is 5.32 Å². The highest BCUT2D eigenvalue weighted by Crippen LogP contribution is 2.45. The maximum absolute atomic E-state index is 12.9. The lowest BCUT2D eigenvalue weighted by Gasteiger charge is -2.34. The molecule has 2 aliphatic rings. The molecule has 0 fully saturated rings. The third-order valence-corrected chi connectivity index (χ3v) is 5.64. The van der Waals surface area contributed by atoms with Crippen molar-refractivity contribution in [1.29, 1.82) is 0 Å². The van der Waals surface area contributed by atoms with Crippen molar-refractivity contribution in [3.8, 4) is 0 Å². The van der Waals surface area contributed by atoms with Crippen LogP contribution in [0.15, 0.2) is 40.7 Å². The molecule has 27 heavy (non-hydrogen) atoms. The van der Waals surface area contributed by atoms with Crippen LogP contribution in [0.4, 0.5) is 0 Å². The largest absolute Gasteiger partial charge is 0.460 e. The number of nitrogens with one attached hydrogen (secondary N) is 1. The number of ketones is 1. The summed E-state index contributed by atoms with van der Waals surface area (Å²) in [5.41, 5.74) is 3.09. The van der Waals surface area contributed by atoms with E-state index in [1.807, 2.05) is 0 Å². The number of dihydropyridines is 1. The Bertz CT molecular complexity index is 844. The van der Waals surface area contributed by atoms with Crippen molar-refractivity contribution >= 4 is 35.0 Å². The Morgan fingerprint density at radius 2 is 2.04 bits per heavy atom. The molecule has 1 aliphatic carbocycles. The number of esters is 1. The van der Waals surface area contributed by atoms with E-state index < -0.39 is 11.9 Å². The Balaban J connectivity index is 2.11. The van der Waals surface area contributed by atoms with Crippen LogP contribution < -0.4 is 5.32 Å². The molecule has 7 heteroatoms. The van der Waals surface area contributed by atoms with Crippen molar-refractivity contribution in [2.45, 2.75) is 32.1 Å². The van der Waals surface area contributed by atoms with Crippen molar-refractivity contribution in [2.24, 2.45) is 0 Å². The van der Waals surface area contributed by atoms with Crippen LogP contribution in [0.5, 0.6) is 0 Å². The number of hydrogen-bond acceptors (Lipinski definition) is 5. The predicted molar refractivity (Wildman–Crippen MR) is 104 cm³/mol. The number of allylic oxidation sites excluding steroid dienone is 3. The Morgan fingerprint density at radius 1 is 1.26 bits per heavy atom. The first-order valence-corrected chi connectivity index (χ1v) is 9.55. The summed E-state index contributed by atoms with van der Waals surface area (Å²) >= 11 is 12.7. The van der Waals surface area contributed by atoms with Crippen molar-refractivity contribution in [1.82, 2.24) is 5.32 Å². The summed E-state index contributed by atoms with van der Waals surface area (Å²) in [6.07, 6.45) is 1.97. The average Bonchev–Trinajstić information content (AvgIpc) is 2.63. The molecular weight excluding hydrogens is 389 g/mol. The standard InChI is InChI=1S/C20H21Cl2NO4/c1-11-16(20(25)27-10-9-26-2)17(12-5-3-6-13(21)19(12)22)18-14(23-11)7-4-8-15(18)24/h3,5-6,17,23H,4,7-10H2,1-2H3. The molecule has 0 amide bonds. The SMILES string of the molecule is COCCOC(=O)C1=C(C)NC2=C(C(=O)CCC2)C1c1cccc(Cl)c1Cl. The Hall–Kier alpha value is -1.82. The first kappa shape index (κ1) is 19.9. The van der Waals surface area contributed by atoms with Crippen molar-refractivity contribution in [2.75, 3.05) is 20.3 Å². The van der Waals surface area contributed by atoms with Crippen LogP contribution in [-0.2, 0) is 19.1 Å². The smallest absolute Gasteiger partial charge is 0.336 e. The van der Waals surface area contributed by atoms with Gasteiger partial charge in [0.05, 0.1) is 22.2 Å². The summed E-state index contributed by atoms with van der Waals surface area (Å²) in [5, 5.41) is 3.95. The molecule has 1 unspecified atom stereocenters. The van der Waals surface area contributed by atoms with Crippen LogP contribution in [-0.4, -0.2) is 32.1 Å². The van der Waals surface area contributed by atoms with Crippen molar-refractivity contribution in [3.05, 3.63) is 56.3 Å². The van der Waals surface area contributed by atoms with Crippen molar-refractivity contribution in [3.63, 3.8) is 0 Å². The lowest BCUT2D eigenvalue weighted by atomic mass is 9.75. The number of carbonyl (C=O) groups excluding carboxylic acids is 2. The summed E-state index contributed by atoms with van der Waals surface area (Å²) in [4.78, 5) is 25.6. The highest BCUT2D eigenvalue weighted by atomic mass is 35.5. The number of carbonyl (C=O) groups is 2. The lowest BCUT2D eigenvalue weighted by molar-refractivity contribution is -0.140. The third kappa shape index (κ3) is 3.91. The summed E-state index contributed by atoms with van der Waals surface area (Å²) in [5.74, 6) is -1.09. The molecule has 0 aromatic heterocycles. The molecule has 0 saturated carbocycles. The van der Waals surface area contributed by atoms with E-state index >= 15 is 0 Å². The fraction of sp³-hybridized carbons (Fsp3) is 0.400. The zero-order valence-corrected chi connectivity index (χ0v) is 16.7. The van der Waals surface area contributed by atoms with Gasteiger partial charge >= 0.3 is 5.97 Å². The molecule has 1 aromatic carbocycles. The summed E-state index contributed by atoms with van der Waals surface area (Å²) < 4.78 is 10.3. The maximum atomic E-state index is 12.9. The minimum absolute atomic E-state index is 0.0134. The molecule has 0 bridgehead atoms. The third-order valence-electron chi connectivity index (χ3n) is 4.81. The van der Waals surface area contributed by atoms with Crippen LogP contribution in [0.25, 0.3) is 0 Å². The predicted octanol–water partition coefficient (Wildman–Crippen LogP) is 4.15. The maximum Gasteiger partial charge on any atom is 0.336 e. The van der Waals surface area contributed by atoms with E-state index in [4.69, 9.17) is 32.7 Å². The number of hydrogen-bond donors (Lipinski definition) is 1. The summed E-state index contributed by atoms with van der Waals surface area (Å²) in [6.45, 7) is 2.23. The Morgan fingerprint density at radius 3 is 2.78 bits per heavy atom. The van der Waals surface area contributed by atoms with E-state index in [1.165, 1.54) is 7.11 Å². The molecule has 0 saturated heterocycles. The summed E-state index contributed by atoms with van der Waals surface area (Å²) in [7, 11) is 1.53. The van der Waals surface area contributed by atoms with Gasteiger partial charge in [-0.3, -0.25) is 4.79 Å². The molecule has 144 valence electrons. The van der Waals surface area contributed by atoms with E-state index in [9.17, 15) is 9.59 Å². The van der Waals surface area contributed by atoms with Crippen LogP contribution in [0.3, 0.4) is 0 Å². The summed E-state index contributed by atoms with van der Waals surface area (Å²) in [6, 6.07) is 5.24. The van der Waals surface area contributed by atoms with Gasteiger partial charge in [0, 0.05) is 36.4 Å². The highest BCUT2D eigenvalue weighted by Gasteiger charge is 2.40. The van der Waals surface area contributed by atoms with Crippen LogP contribution in [0.1, 0.15) is 37.7 Å². The second kappa shape index (κ2) is 8.46. The van der Waals surface area contributed by atoms with Gasteiger partial charge in [-0.2, -0.15) is 0 Å². The minimum Gasteiger partial charge on any atom is -0.460 e. The van der Waals surface area contributed by atoms with Gasteiger partial charge in [-0.05, 0) is 31.4 Å². The minimum atomic E-state index is -0.602. The Labute approximate surface area is 168 Å². The second-order valence-electron chi connectivity index (χ2n) is 6.54. The molecule has 3 rings (SSSR count). The molecule has 1 N–H and O–H groups in total. The normalized spacial score (nSPS) is 19.7. The topological polar surface area (TPSA) is 64.6 Å². The Kier molecular flexibility index (Phi) is 6.25. The molecule has 1 heterocycles. The van der Waals surface area contributed by atoms with Gasteiger partial charge in [0.15, 0.2) is 5.78 Å². The number of Topliss-reactive ketones (excluding diaryl/α,β-unsaturated/α-hetero) is 1. The average molecular weight is 410 g/mol. The zero-order valence-electron chi connectivity index (χ0n) is 15.2. The number of halogens is 2.